The molecule has 0 rings (SSSR count). The molecule has 0 amide bonds. The number of carboxylic acid groups (broad SMARTS) is 1. The van der Waals surface area contributed by atoms with Crippen LogP contribution < -0.4 is 0 Å². The summed E-state index contributed by atoms with van der Waals surface area (Å²) < 4.78 is 14.0. The van der Waals surface area contributed by atoms with E-state index >= 15 is 0 Å². The number of carbonyl (C=O) groups excluding carboxylic acids is 2. The number of ether oxygens (including phenoxy) is 3. The zero-order valence-corrected chi connectivity index (χ0v) is 9.38. The highest BCUT2D eigenvalue weighted by Crippen LogP contribution is 1.86. The van der Waals surface area contributed by atoms with Crippen LogP contribution in [0.4, 0.5) is 0 Å². The zero-order chi connectivity index (χ0) is 13.1. The topological polar surface area (TPSA) is 99.1 Å². The van der Waals surface area contributed by atoms with E-state index in [9.17, 15) is 14.4 Å². The predicted octanol–water partition coefficient (Wildman–Crippen LogP) is -0.250. The molecule has 0 aromatic rings. The maximum absolute atomic E-state index is 11.0. The maximum Gasteiger partial charge on any atom is 0.344 e. The number of aliphatic carboxylic acids is 1. The Balaban J connectivity index is 3.62. The number of carboxylic acids is 1. The van der Waals surface area contributed by atoms with Gasteiger partial charge in [0.1, 0.15) is 6.61 Å². The lowest BCUT2D eigenvalue weighted by molar-refractivity contribution is -0.157. The van der Waals surface area contributed by atoms with Gasteiger partial charge in [-0.25, -0.2) is 14.4 Å². The second kappa shape index (κ2) is 9.34. The lowest BCUT2D eigenvalue weighted by atomic mass is 10.5. The first kappa shape index (κ1) is 15.1. The zero-order valence-electron chi connectivity index (χ0n) is 9.38. The summed E-state index contributed by atoms with van der Waals surface area (Å²) in [5.74, 6) is -2.92. The Kier molecular flexibility index (Phi) is 8.31. The van der Waals surface area contributed by atoms with Crippen molar-refractivity contribution < 1.29 is 33.7 Å². The summed E-state index contributed by atoms with van der Waals surface area (Å²) in [6, 6.07) is 0. The van der Waals surface area contributed by atoms with E-state index in [1.165, 1.54) is 0 Å². The van der Waals surface area contributed by atoms with Gasteiger partial charge >= 0.3 is 17.9 Å². The van der Waals surface area contributed by atoms with E-state index in [1.807, 2.05) is 0 Å². The molecule has 0 aliphatic heterocycles. The molecule has 0 radical (unpaired) electrons. The molecule has 0 spiro atoms. The lowest BCUT2D eigenvalue weighted by Crippen LogP contribution is -2.17. The molecule has 0 saturated carbocycles. The molecule has 0 fully saturated rings. The van der Waals surface area contributed by atoms with Crippen LogP contribution in [0.25, 0.3) is 0 Å². The highest BCUT2D eigenvalue weighted by Gasteiger charge is 2.06. The smallest absolute Gasteiger partial charge is 0.344 e. The largest absolute Gasteiger partial charge is 0.478 e. The molecule has 0 atom stereocenters. The van der Waals surface area contributed by atoms with Crippen LogP contribution in [0.5, 0.6) is 0 Å². The van der Waals surface area contributed by atoms with Gasteiger partial charge in [0.25, 0.3) is 0 Å². The summed E-state index contributed by atoms with van der Waals surface area (Å²) in [6.45, 7) is 2.12. The molecule has 7 heteroatoms. The van der Waals surface area contributed by atoms with E-state index in [1.54, 1.807) is 6.92 Å². The van der Waals surface area contributed by atoms with Crippen molar-refractivity contribution in [3.63, 3.8) is 0 Å². The van der Waals surface area contributed by atoms with Crippen molar-refractivity contribution in [3.05, 3.63) is 12.2 Å². The summed E-state index contributed by atoms with van der Waals surface area (Å²) >= 11 is 0. The van der Waals surface area contributed by atoms with Crippen LogP contribution >= 0.6 is 0 Å². The van der Waals surface area contributed by atoms with Gasteiger partial charge in [-0.1, -0.05) is 0 Å². The van der Waals surface area contributed by atoms with Crippen LogP contribution in [0.1, 0.15) is 6.92 Å². The van der Waals surface area contributed by atoms with E-state index in [0.717, 1.165) is 0 Å². The third kappa shape index (κ3) is 10.4. The predicted molar refractivity (Wildman–Crippen MR) is 55.2 cm³/mol. The minimum atomic E-state index is -1.28. The van der Waals surface area contributed by atoms with Crippen molar-refractivity contribution in [3.8, 4) is 0 Å². The van der Waals surface area contributed by atoms with Crippen LogP contribution in [0.3, 0.4) is 0 Å². The molecule has 0 aromatic carbocycles. The molecule has 0 saturated heterocycles. The van der Waals surface area contributed by atoms with Gasteiger partial charge in [-0.2, -0.15) is 0 Å². The second-order valence-corrected chi connectivity index (χ2v) is 2.70. The Morgan fingerprint density at radius 1 is 1.12 bits per heavy atom. The van der Waals surface area contributed by atoms with Crippen molar-refractivity contribution in [2.24, 2.45) is 0 Å². The Labute approximate surface area is 98.0 Å². The van der Waals surface area contributed by atoms with Crippen molar-refractivity contribution in [2.45, 2.75) is 6.92 Å². The molecular weight excluding hydrogens is 232 g/mol. The molecule has 0 heterocycles. The first-order chi connectivity index (χ1) is 8.06. The number of rotatable bonds is 8. The minimum Gasteiger partial charge on any atom is -0.478 e. The summed E-state index contributed by atoms with van der Waals surface area (Å²) in [7, 11) is 0. The van der Waals surface area contributed by atoms with Gasteiger partial charge in [0, 0.05) is 18.8 Å². The molecule has 0 aromatic heterocycles. The molecule has 0 aliphatic carbocycles. The van der Waals surface area contributed by atoms with Crippen molar-refractivity contribution in [2.75, 3.05) is 26.4 Å². The molecule has 0 bridgehead atoms. The van der Waals surface area contributed by atoms with E-state index in [4.69, 9.17) is 9.84 Å². The van der Waals surface area contributed by atoms with E-state index in [2.05, 4.69) is 9.47 Å². The van der Waals surface area contributed by atoms with Gasteiger partial charge in [-0.3, -0.25) is 0 Å². The minimum absolute atomic E-state index is 0.0786. The fourth-order valence-electron chi connectivity index (χ4n) is 0.718. The third-order valence-electron chi connectivity index (χ3n) is 1.39. The lowest BCUT2D eigenvalue weighted by Gasteiger charge is -2.04. The second-order valence-electron chi connectivity index (χ2n) is 2.70. The highest BCUT2D eigenvalue weighted by molar-refractivity contribution is 5.91. The van der Waals surface area contributed by atoms with Gasteiger partial charge in [0.15, 0.2) is 6.61 Å². The quantitative estimate of drug-likeness (QED) is 0.358. The average molecular weight is 246 g/mol. The first-order valence-electron chi connectivity index (χ1n) is 4.87. The van der Waals surface area contributed by atoms with E-state index in [0.29, 0.717) is 18.8 Å². The van der Waals surface area contributed by atoms with E-state index < -0.39 is 24.5 Å². The monoisotopic (exact) mass is 246 g/mol. The normalized spacial score (nSPS) is 10.2. The molecule has 96 valence electrons. The average Bonchev–Trinajstić information content (AvgIpc) is 2.29. The Bertz CT molecular complexity index is 295. The van der Waals surface area contributed by atoms with Crippen molar-refractivity contribution in [1.82, 2.24) is 0 Å². The summed E-state index contributed by atoms with van der Waals surface area (Å²) in [6.07, 6.45) is 1.32. The summed E-state index contributed by atoms with van der Waals surface area (Å²) in [5, 5.41) is 8.21. The van der Waals surface area contributed by atoms with Gasteiger partial charge in [0.2, 0.25) is 0 Å². The molecule has 0 unspecified atom stereocenters. The number of hydrogen-bond acceptors (Lipinski definition) is 6. The van der Waals surface area contributed by atoms with Gasteiger partial charge in [-0.05, 0) is 6.92 Å². The maximum atomic E-state index is 11.0. The van der Waals surface area contributed by atoms with Gasteiger partial charge in [0.05, 0.1) is 6.61 Å². The van der Waals surface area contributed by atoms with Crippen LogP contribution in [-0.2, 0) is 28.6 Å². The molecular formula is C10H14O7. The Hall–Kier alpha value is -1.89. The SMILES string of the molecule is CCOCCOC(=O)COC(=O)/C=C/C(=O)O. The molecule has 0 aliphatic rings. The van der Waals surface area contributed by atoms with Crippen molar-refractivity contribution in [1.29, 1.82) is 0 Å². The molecule has 7 nitrogen and oxygen atoms in total. The van der Waals surface area contributed by atoms with Crippen LogP contribution in [-0.4, -0.2) is 49.4 Å². The van der Waals surface area contributed by atoms with E-state index in [-0.39, 0.29) is 13.2 Å². The third-order valence-corrected chi connectivity index (χ3v) is 1.39. The fourth-order valence-corrected chi connectivity index (χ4v) is 0.718. The summed E-state index contributed by atoms with van der Waals surface area (Å²) in [5.41, 5.74) is 0. The molecule has 1 N–H and O–H groups in total. The first-order valence-corrected chi connectivity index (χ1v) is 4.87. The standard InChI is InChI=1S/C10H14O7/c1-2-15-5-6-16-10(14)7-17-9(13)4-3-8(11)12/h3-4H,2,5-7H2,1H3,(H,11,12)/b4-3+. The highest BCUT2D eigenvalue weighted by atomic mass is 16.6. The number of carbonyl (C=O) groups is 3. The number of esters is 2. The molecule has 17 heavy (non-hydrogen) atoms. The van der Waals surface area contributed by atoms with Crippen LogP contribution in [0.2, 0.25) is 0 Å². The van der Waals surface area contributed by atoms with Crippen molar-refractivity contribution >= 4 is 17.9 Å². The fraction of sp³-hybridized carbons (Fsp3) is 0.500. The van der Waals surface area contributed by atoms with Crippen LogP contribution in [0.15, 0.2) is 12.2 Å². The van der Waals surface area contributed by atoms with Gasteiger partial charge < -0.3 is 19.3 Å². The number of hydrogen-bond donors (Lipinski definition) is 1. The Morgan fingerprint density at radius 2 is 1.82 bits per heavy atom. The Morgan fingerprint density at radius 3 is 2.41 bits per heavy atom. The van der Waals surface area contributed by atoms with Crippen LogP contribution in [0, 0.1) is 0 Å². The van der Waals surface area contributed by atoms with Gasteiger partial charge in [-0.15, -0.1) is 0 Å². The summed E-state index contributed by atoms with van der Waals surface area (Å²) in [4.78, 5) is 31.8.